The lowest BCUT2D eigenvalue weighted by Crippen LogP contribution is -2.53. The van der Waals surface area contributed by atoms with Gasteiger partial charge >= 0.3 is 6.09 Å². The van der Waals surface area contributed by atoms with E-state index in [1.54, 1.807) is 17.2 Å². The number of nitrogens with two attached hydrogens (primary N) is 1. The summed E-state index contributed by atoms with van der Waals surface area (Å²) < 4.78 is 18.0. The Morgan fingerprint density at radius 2 is 1.89 bits per heavy atom. The lowest BCUT2D eigenvalue weighted by Gasteiger charge is -2.48. The van der Waals surface area contributed by atoms with Crippen LogP contribution >= 0.6 is 0 Å². The van der Waals surface area contributed by atoms with Crippen molar-refractivity contribution in [3.05, 3.63) is 29.2 Å². The first-order chi connectivity index (χ1) is 18.1. The maximum absolute atomic E-state index is 12.7. The Kier molecular flexibility index (Phi) is 7.15. The van der Waals surface area contributed by atoms with Crippen molar-refractivity contribution in [1.29, 1.82) is 5.41 Å². The molecule has 2 spiro atoms. The summed E-state index contributed by atoms with van der Waals surface area (Å²) in [6.45, 7) is 10.7. The smallest absolute Gasteiger partial charge is 0.410 e. The quantitative estimate of drug-likeness (QED) is 0.566. The van der Waals surface area contributed by atoms with E-state index in [-0.39, 0.29) is 17.6 Å². The Hall–Kier alpha value is -2.72. The fourth-order valence-corrected chi connectivity index (χ4v) is 6.63. The third-order valence-electron chi connectivity index (χ3n) is 8.44. The number of aromatic nitrogens is 2. The number of anilines is 1. The molecule has 2 atom stereocenters. The molecule has 3 fully saturated rings. The summed E-state index contributed by atoms with van der Waals surface area (Å²) in [5.41, 5.74) is 8.45. The van der Waals surface area contributed by atoms with Crippen LogP contribution in [0.4, 0.5) is 10.7 Å². The van der Waals surface area contributed by atoms with Crippen molar-refractivity contribution in [2.24, 2.45) is 11.1 Å². The molecule has 38 heavy (non-hydrogen) atoms. The fourth-order valence-electron chi connectivity index (χ4n) is 6.63. The van der Waals surface area contributed by atoms with Gasteiger partial charge in [0.2, 0.25) is 5.95 Å². The summed E-state index contributed by atoms with van der Waals surface area (Å²) in [6.07, 6.45) is 7.65. The molecule has 0 aromatic carbocycles. The number of amides is 1. The summed E-state index contributed by atoms with van der Waals surface area (Å²) in [4.78, 5) is 25.9. The second kappa shape index (κ2) is 10.1. The van der Waals surface area contributed by atoms with Crippen LogP contribution in [0.1, 0.15) is 78.3 Å². The number of fused-ring (bicyclic) bond motifs is 1. The third-order valence-corrected chi connectivity index (χ3v) is 8.44. The molecule has 2 saturated heterocycles. The number of nitrogens with one attached hydrogen (secondary N) is 1. The number of hydrogen-bond acceptors (Lipinski definition) is 9. The molecule has 208 valence electrons. The highest BCUT2D eigenvalue weighted by atomic mass is 16.7. The molecular formula is C28H42N6O4. The van der Waals surface area contributed by atoms with Gasteiger partial charge in [-0.3, -0.25) is 5.41 Å². The van der Waals surface area contributed by atoms with Gasteiger partial charge in [0.25, 0.3) is 0 Å². The molecular weight excluding hydrogens is 484 g/mol. The second-order valence-corrected chi connectivity index (χ2v) is 12.1. The van der Waals surface area contributed by atoms with E-state index in [0.717, 1.165) is 49.8 Å². The van der Waals surface area contributed by atoms with Gasteiger partial charge in [0, 0.05) is 44.0 Å². The third kappa shape index (κ3) is 4.77. The minimum absolute atomic E-state index is 0.00718. The van der Waals surface area contributed by atoms with Crippen molar-refractivity contribution in [2.75, 3.05) is 37.7 Å². The molecule has 1 aromatic rings. The van der Waals surface area contributed by atoms with E-state index in [1.807, 2.05) is 20.8 Å². The number of carbonyl (C=O) groups excluding carboxylic acids is 1. The van der Waals surface area contributed by atoms with E-state index in [1.165, 1.54) is 0 Å². The van der Waals surface area contributed by atoms with E-state index < -0.39 is 11.4 Å². The van der Waals surface area contributed by atoms with Gasteiger partial charge in [0.15, 0.2) is 5.79 Å². The SMILES string of the molecule is C[C@H]1CN(C(=O)OC(C)(C)C)CCCN1c1nccc(C(=N)C2=C(N)C3(CCCCC34OCCO4)CC2)n1. The van der Waals surface area contributed by atoms with Crippen LogP contribution in [-0.4, -0.2) is 77.0 Å². The average Bonchev–Trinajstić information content (AvgIpc) is 3.41. The van der Waals surface area contributed by atoms with E-state index >= 15 is 0 Å². The molecule has 2 aliphatic heterocycles. The normalized spacial score (nSPS) is 27.7. The van der Waals surface area contributed by atoms with Crippen LogP contribution in [0.15, 0.2) is 23.5 Å². The van der Waals surface area contributed by atoms with Gasteiger partial charge in [-0.25, -0.2) is 14.8 Å². The Labute approximate surface area is 225 Å². The molecule has 10 nitrogen and oxygen atoms in total. The first kappa shape index (κ1) is 26.9. The first-order valence-corrected chi connectivity index (χ1v) is 14.0. The van der Waals surface area contributed by atoms with Crippen molar-refractivity contribution in [1.82, 2.24) is 14.9 Å². The average molecular weight is 527 g/mol. The molecule has 1 amide bonds. The zero-order valence-corrected chi connectivity index (χ0v) is 23.2. The standard InChI is InChI=1S/C28H42N6O4/c1-19-18-33(25(35)38-26(2,3)4)14-7-15-34(19)24-31-13-9-21(32-24)22(29)20-8-12-27(23(20)30)10-5-6-11-28(27)36-16-17-37-28/h9,13,19,29H,5-8,10-12,14-18,30H2,1-4H3/t19-,27?/m0/s1. The monoisotopic (exact) mass is 526 g/mol. The summed E-state index contributed by atoms with van der Waals surface area (Å²) in [7, 11) is 0. The summed E-state index contributed by atoms with van der Waals surface area (Å²) in [5, 5.41) is 9.10. The molecule has 2 aliphatic carbocycles. The minimum Gasteiger partial charge on any atom is -0.444 e. The van der Waals surface area contributed by atoms with E-state index in [9.17, 15) is 4.79 Å². The van der Waals surface area contributed by atoms with Crippen LogP contribution in [0.3, 0.4) is 0 Å². The highest BCUT2D eigenvalue weighted by Gasteiger charge is 2.60. The van der Waals surface area contributed by atoms with Crippen LogP contribution < -0.4 is 10.6 Å². The Morgan fingerprint density at radius 1 is 1.16 bits per heavy atom. The van der Waals surface area contributed by atoms with Gasteiger partial charge in [-0.05, 0) is 71.4 Å². The summed E-state index contributed by atoms with van der Waals surface area (Å²) in [6, 6.07) is 1.78. The van der Waals surface area contributed by atoms with Crippen molar-refractivity contribution >= 4 is 17.8 Å². The maximum Gasteiger partial charge on any atom is 0.410 e. The maximum atomic E-state index is 12.7. The Balaban J connectivity index is 1.35. The molecule has 1 aromatic heterocycles. The number of carbonyl (C=O) groups is 1. The van der Waals surface area contributed by atoms with Gasteiger partial charge < -0.3 is 29.7 Å². The number of rotatable bonds is 3. The Morgan fingerprint density at radius 3 is 2.63 bits per heavy atom. The van der Waals surface area contributed by atoms with Crippen LogP contribution in [-0.2, 0) is 14.2 Å². The van der Waals surface area contributed by atoms with Crippen molar-refractivity contribution < 1.29 is 19.0 Å². The van der Waals surface area contributed by atoms with E-state index in [2.05, 4.69) is 16.8 Å². The lowest BCUT2D eigenvalue weighted by atomic mass is 9.67. The fraction of sp³-hybridized carbons (Fsp3) is 0.714. The lowest BCUT2D eigenvalue weighted by molar-refractivity contribution is -0.243. The molecule has 0 radical (unpaired) electrons. The van der Waals surface area contributed by atoms with Crippen LogP contribution in [0.2, 0.25) is 0 Å². The van der Waals surface area contributed by atoms with Gasteiger partial charge in [-0.1, -0.05) is 6.42 Å². The zero-order chi connectivity index (χ0) is 27.1. The van der Waals surface area contributed by atoms with Crippen LogP contribution in [0, 0.1) is 10.8 Å². The highest BCUT2D eigenvalue weighted by Crippen LogP contribution is 2.59. The molecule has 3 heterocycles. The molecule has 0 bridgehead atoms. The summed E-state index contributed by atoms with van der Waals surface area (Å²) >= 11 is 0. The topological polar surface area (TPSA) is 127 Å². The molecule has 3 N–H and O–H groups in total. The minimum atomic E-state index is -0.657. The van der Waals surface area contributed by atoms with Gasteiger partial charge in [0.1, 0.15) is 5.60 Å². The van der Waals surface area contributed by atoms with Gasteiger partial charge in [-0.15, -0.1) is 0 Å². The highest BCUT2D eigenvalue weighted by molar-refractivity contribution is 6.10. The molecule has 10 heteroatoms. The molecule has 1 unspecified atom stereocenters. The number of nitrogens with zero attached hydrogens (tertiary/aromatic N) is 4. The molecule has 4 aliphatic rings. The molecule has 1 saturated carbocycles. The van der Waals surface area contributed by atoms with Crippen molar-refractivity contribution in [2.45, 2.75) is 90.1 Å². The molecule has 5 rings (SSSR count). The zero-order valence-electron chi connectivity index (χ0n) is 23.2. The van der Waals surface area contributed by atoms with Crippen molar-refractivity contribution in [3.8, 4) is 0 Å². The Bertz CT molecular complexity index is 1110. The summed E-state index contributed by atoms with van der Waals surface area (Å²) in [5.74, 6) is -0.0929. The first-order valence-electron chi connectivity index (χ1n) is 14.0. The van der Waals surface area contributed by atoms with Gasteiger partial charge in [0.05, 0.1) is 30.0 Å². The number of ether oxygens (including phenoxy) is 3. The van der Waals surface area contributed by atoms with Gasteiger partial charge in [-0.2, -0.15) is 0 Å². The second-order valence-electron chi connectivity index (χ2n) is 12.1. The largest absolute Gasteiger partial charge is 0.444 e. The predicted molar refractivity (Wildman–Crippen MR) is 144 cm³/mol. The predicted octanol–water partition coefficient (Wildman–Crippen LogP) is 3.99. The van der Waals surface area contributed by atoms with Crippen LogP contribution in [0.5, 0.6) is 0 Å². The van der Waals surface area contributed by atoms with Crippen LogP contribution in [0.25, 0.3) is 0 Å². The number of hydrogen-bond donors (Lipinski definition) is 2. The van der Waals surface area contributed by atoms with E-state index in [4.69, 9.17) is 30.3 Å². The van der Waals surface area contributed by atoms with E-state index in [0.29, 0.717) is 56.6 Å². The van der Waals surface area contributed by atoms with Crippen molar-refractivity contribution in [3.63, 3.8) is 0 Å². The number of allylic oxidation sites excluding steroid dienone is 1.